The normalized spacial score (nSPS) is 33.5. The molecule has 3 heteroatoms. The molecule has 0 radical (unpaired) electrons. The van der Waals surface area contributed by atoms with E-state index in [4.69, 9.17) is 4.74 Å². The van der Waals surface area contributed by atoms with E-state index in [0.29, 0.717) is 19.1 Å². The summed E-state index contributed by atoms with van der Waals surface area (Å²) < 4.78 is 5.83. The minimum absolute atomic E-state index is 0.0349. The predicted molar refractivity (Wildman–Crippen MR) is 94.9 cm³/mol. The van der Waals surface area contributed by atoms with Gasteiger partial charge in [0.2, 0.25) is 5.91 Å². The molecule has 0 spiro atoms. The maximum atomic E-state index is 13.2. The summed E-state index contributed by atoms with van der Waals surface area (Å²) >= 11 is 0. The van der Waals surface area contributed by atoms with Crippen molar-refractivity contribution >= 4 is 5.91 Å². The fourth-order valence-corrected chi connectivity index (χ4v) is 5.88. The molecule has 130 valence electrons. The van der Waals surface area contributed by atoms with E-state index < -0.39 is 0 Å². The van der Waals surface area contributed by atoms with Gasteiger partial charge in [0.05, 0.1) is 12.0 Å². The summed E-state index contributed by atoms with van der Waals surface area (Å²) in [5.41, 5.74) is 1.16. The first-order chi connectivity index (χ1) is 11.5. The number of ether oxygens (including phenoxy) is 1. The Balaban J connectivity index is 1.34. The van der Waals surface area contributed by atoms with Gasteiger partial charge in [-0.25, -0.2) is 0 Å². The first-order valence-electron chi connectivity index (χ1n) is 9.49. The second-order valence-corrected chi connectivity index (χ2v) is 8.59. The van der Waals surface area contributed by atoms with Crippen LogP contribution in [-0.4, -0.2) is 31.0 Å². The third-order valence-electron chi connectivity index (χ3n) is 6.52. The summed E-state index contributed by atoms with van der Waals surface area (Å²) in [4.78, 5) is 15.1. The number of rotatable bonds is 5. The van der Waals surface area contributed by atoms with Gasteiger partial charge in [-0.1, -0.05) is 12.1 Å². The van der Waals surface area contributed by atoms with Gasteiger partial charge in [0.15, 0.2) is 0 Å². The molecule has 0 heterocycles. The molecule has 4 aliphatic rings. The molecule has 4 aliphatic carbocycles. The highest BCUT2D eigenvalue weighted by Gasteiger charge is 2.55. The van der Waals surface area contributed by atoms with E-state index in [-0.39, 0.29) is 5.41 Å². The zero-order valence-electron chi connectivity index (χ0n) is 15.0. The third-order valence-corrected chi connectivity index (χ3v) is 6.52. The van der Waals surface area contributed by atoms with Crippen molar-refractivity contribution in [3.8, 4) is 5.75 Å². The van der Waals surface area contributed by atoms with Gasteiger partial charge in [-0.3, -0.25) is 4.79 Å². The Bertz CT molecular complexity index is 589. The second kappa shape index (κ2) is 6.09. The van der Waals surface area contributed by atoms with Crippen molar-refractivity contribution in [3.05, 3.63) is 29.8 Å². The van der Waals surface area contributed by atoms with Crippen LogP contribution in [0.3, 0.4) is 0 Å². The Morgan fingerprint density at radius 1 is 1.17 bits per heavy atom. The molecular weight excluding hydrogens is 298 g/mol. The lowest BCUT2D eigenvalue weighted by molar-refractivity contribution is -0.156. The standard InChI is InChI=1S/C21H29NO2/c1-15-4-3-5-19(8-15)24-7-6-22(2)20(23)21-12-16-9-17(13-21)11-18(10-16)14-21/h3-5,8,16-18H,6-7,9-14H2,1-2H3. The highest BCUT2D eigenvalue weighted by Crippen LogP contribution is 2.60. The largest absolute Gasteiger partial charge is 0.492 e. The van der Waals surface area contributed by atoms with Crippen molar-refractivity contribution in [2.75, 3.05) is 20.2 Å². The van der Waals surface area contributed by atoms with E-state index in [1.54, 1.807) is 0 Å². The number of amides is 1. The van der Waals surface area contributed by atoms with Crippen molar-refractivity contribution in [1.82, 2.24) is 4.90 Å². The topological polar surface area (TPSA) is 29.5 Å². The summed E-state index contributed by atoms with van der Waals surface area (Å²) in [6, 6.07) is 8.10. The van der Waals surface area contributed by atoms with E-state index in [0.717, 1.165) is 42.8 Å². The molecule has 4 fully saturated rings. The minimum atomic E-state index is -0.0349. The van der Waals surface area contributed by atoms with Gasteiger partial charge < -0.3 is 9.64 Å². The van der Waals surface area contributed by atoms with Crippen LogP contribution >= 0.6 is 0 Å². The highest BCUT2D eigenvalue weighted by atomic mass is 16.5. The van der Waals surface area contributed by atoms with Gasteiger partial charge in [0, 0.05) is 7.05 Å². The van der Waals surface area contributed by atoms with Gasteiger partial charge in [0.1, 0.15) is 12.4 Å². The minimum Gasteiger partial charge on any atom is -0.492 e. The van der Waals surface area contributed by atoms with Gasteiger partial charge in [-0.15, -0.1) is 0 Å². The van der Waals surface area contributed by atoms with Crippen molar-refractivity contribution < 1.29 is 9.53 Å². The van der Waals surface area contributed by atoms with Gasteiger partial charge in [-0.2, -0.15) is 0 Å². The van der Waals surface area contributed by atoms with Crippen LogP contribution in [-0.2, 0) is 4.79 Å². The number of benzene rings is 1. The molecule has 0 saturated heterocycles. The van der Waals surface area contributed by atoms with Gasteiger partial charge >= 0.3 is 0 Å². The monoisotopic (exact) mass is 327 g/mol. The second-order valence-electron chi connectivity index (χ2n) is 8.59. The Hall–Kier alpha value is -1.51. The molecule has 0 aliphatic heterocycles. The summed E-state index contributed by atoms with van der Waals surface area (Å²) in [6.07, 6.45) is 7.56. The van der Waals surface area contributed by atoms with Crippen LogP contribution in [0.2, 0.25) is 0 Å². The highest BCUT2D eigenvalue weighted by molar-refractivity contribution is 5.83. The van der Waals surface area contributed by atoms with Crippen LogP contribution in [0.15, 0.2) is 24.3 Å². The maximum Gasteiger partial charge on any atom is 0.228 e. The number of carbonyl (C=O) groups is 1. The molecule has 0 unspecified atom stereocenters. The molecule has 3 nitrogen and oxygen atoms in total. The first kappa shape index (κ1) is 16.0. The number of carbonyl (C=O) groups excluding carboxylic acids is 1. The molecule has 24 heavy (non-hydrogen) atoms. The average molecular weight is 327 g/mol. The average Bonchev–Trinajstić information content (AvgIpc) is 2.53. The molecule has 4 bridgehead atoms. The Kier molecular flexibility index (Phi) is 4.06. The molecule has 1 aromatic carbocycles. The lowest BCUT2D eigenvalue weighted by Crippen LogP contribution is -2.54. The summed E-state index contributed by atoms with van der Waals surface area (Å²) in [6.45, 7) is 3.31. The third kappa shape index (κ3) is 2.94. The zero-order valence-corrected chi connectivity index (χ0v) is 15.0. The molecule has 5 rings (SSSR count). The predicted octanol–water partition coefficient (Wildman–Crippen LogP) is 4.05. The van der Waals surface area contributed by atoms with Crippen molar-refractivity contribution in [3.63, 3.8) is 0 Å². The Morgan fingerprint density at radius 2 is 1.79 bits per heavy atom. The number of aryl methyl sites for hydroxylation is 1. The molecule has 0 aromatic heterocycles. The molecule has 4 saturated carbocycles. The van der Waals surface area contributed by atoms with Crippen molar-refractivity contribution in [1.29, 1.82) is 0 Å². The van der Waals surface area contributed by atoms with E-state index in [1.807, 2.05) is 30.1 Å². The van der Waals surface area contributed by atoms with E-state index in [1.165, 1.54) is 24.8 Å². The zero-order chi connectivity index (χ0) is 16.7. The number of likely N-dealkylation sites (N-methyl/N-ethyl adjacent to an activating group) is 1. The summed E-state index contributed by atoms with van der Waals surface area (Å²) in [7, 11) is 1.96. The fourth-order valence-electron chi connectivity index (χ4n) is 5.88. The smallest absolute Gasteiger partial charge is 0.228 e. The Labute approximate surface area is 145 Å². The molecule has 1 amide bonds. The Morgan fingerprint density at radius 3 is 2.38 bits per heavy atom. The maximum absolute atomic E-state index is 13.2. The lowest BCUT2D eigenvalue weighted by atomic mass is 9.49. The number of hydrogen-bond acceptors (Lipinski definition) is 2. The molecule has 0 N–H and O–H groups in total. The van der Waals surface area contributed by atoms with Crippen LogP contribution in [0.5, 0.6) is 5.75 Å². The summed E-state index contributed by atoms with van der Waals surface area (Å²) in [5.74, 6) is 3.73. The van der Waals surface area contributed by atoms with Crippen molar-refractivity contribution in [2.45, 2.75) is 45.4 Å². The van der Waals surface area contributed by atoms with Crippen LogP contribution in [0.25, 0.3) is 0 Å². The lowest BCUT2D eigenvalue weighted by Gasteiger charge is -2.56. The van der Waals surface area contributed by atoms with Crippen LogP contribution in [0.4, 0.5) is 0 Å². The number of hydrogen-bond donors (Lipinski definition) is 0. The van der Waals surface area contributed by atoms with Gasteiger partial charge in [0.25, 0.3) is 0 Å². The van der Waals surface area contributed by atoms with Crippen LogP contribution in [0, 0.1) is 30.1 Å². The first-order valence-corrected chi connectivity index (χ1v) is 9.49. The van der Waals surface area contributed by atoms with Gasteiger partial charge in [-0.05, 0) is 80.9 Å². The van der Waals surface area contributed by atoms with Crippen LogP contribution in [0.1, 0.15) is 44.1 Å². The number of nitrogens with zero attached hydrogens (tertiary/aromatic N) is 1. The quantitative estimate of drug-likeness (QED) is 0.816. The molecule has 0 atom stereocenters. The van der Waals surface area contributed by atoms with Crippen molar-refractivity contribution in [2.24, 2.45) is 23.2 Å². The fraction of sp³-hybridized carbons (Fsp3) is 0.667. The van der Waals surface area contributed by atoms with E-state index in [2.05, 4.69) is 13.0 Å². The van der Waals surface area contributed by atoms with Crippen LogP contribution < -0.4 is 4.74 Å². The molecular formula is C21H29NO2. The molecule has 1 aromatic rings. The van der Waals surface area contributed by atoms with E-state index >= 15 is 0 Å². The SMILES string of the molecule is Cc1cccc(OCCN(C)C(=O)C23CC4CC(CC(C4)C2)C3)c1. The van der Waals surface area contributed by atoms with E-state index in [9.17, 15) is 4.79 Å². The summed E-state index contributed by atoms with van der Waals surface area (Å²) in [5, 5.41) is 0.